The van der Waals surface area contributed by atoms with E-state index in [4.69, 9.17) is 27.9 Å². The fourth-order valence-corrected chi connectivity index (χ4v) is 2.48. The largest absolute Gasteiger partial charge is 0.495 e. The van der Waals surface area contributed by atoms with Crippen LogP contribution in [0.2, 0.25) is 10.0 Å². The van der Waals surface area contributed by atoms with E-state index in [-0.39, 0.29) is 5.91 Å². The van der Waals surface area contributed by atoms with Gasteiger partial charge in [0.25, 0.3) is 0 Å². The van der Waals surface area contributed by atoms with E-state index in [1.807, 2.05) is 24.3 Å². The van der Waals surface area contributed by atoms with E-state index < -0.39 is 0 Å². The van der Waals surface area contributed by atoms with Crippen LogP contribution in [0.3, 0.4) is 0 Å². The number of hydrogen-bond acceptors (Lipinski definition) is 3. The van der Waals surface area contributed by atoms with Crippen molar-refractivity contribution < 1.29 is 9.53 Å². The fourth-order valence-electron chi connectivity index (χ4n) is 1.95. The Morgan fingerprint density at radius 1 is 1.14 bits per heavy atom. The molecule has 1 amide bonds. The second kappa shape index (κ2) is 7.92. The van der Waals surface area contributed by atoms with Crippen LogP contribution in [0.5, 0.6) is 5.75 Å². The summed E-state index contributed by atoms with van der Waals surface area (Å²) in [5, 5.41) is 6.89. The first-order valence-electron chi connectivity index (χ1n) is 6.71. The average molecular weight is 339 g/mol. The summed E-state index contributed by atoms with van der Waals surface area (Å²) >= 11 is 11.8. The minimum atomic E-state index is -0.124. The molecule has 2 N–H and O–H groups in total. The molecule has 0 aliphatic heterocycles. The topological polar surface area (TPSA) is 50.4 Å². The zero-order chi connectivity index (χ0) is 15.9. The maximum atomic E-state index is 11.9. The second-order valence-corrected chi connectivity index (χ2v) is 5.46. The molecule has 0 unspecified atom stereocenters. The summed E-state index contributed by atoms with van der Waals surface area (Å²) in [6.45, 7) is 0.487. The van der Waals surface area contributed by atoms with Gasteiger partial charge in [0.15, 0.2) is 0 Å². The highest BCUT2D eigenvalue weighted by molar-refractivity contribution is 6.35. The predicted molar refractivity (Wildman–Crippen MR) is 91.2 cm³/mol. The van der Waals surface area contributed by atoms with Gasteiger partial charge in [0.2, 0.25) is 5.91 Å². The highest BCUT2D eigenvalue weighted by Gasteiger charge is 2.06. The number of amides is 1. The molecule has 0 saturated heterocycles. The van der Waals surface area contributed by atoms with E-state index in [2.05, 4.69) is 10.6 Å². The summed E-state index contributed by atoms with van der Waals surface area (Å²) < 4.78 is 5.23. The summed E-state index contributed by atoms with van der Waals surface area (Å²) in [5.41, 5.74) is 1.43. The number of para-hydroxylation sites is 2. The van der Waals surface area contributed by atoms with Crippen LogP contribution in [0.4, 0.5) is 11.4 Å². The molecular weight excluding hydrogens is 323 g/mol. The summed E-state index contributed by atoms with van der Waals surface area (Å²) in [5.74, 6) is 0.616. The van der Waals surface area contributed by atoms with Crippen LogP contribution >= 0.6 is 23.2 Å². The summed E-state index contributed by atoms with van der Waals surface area (Å²) in [6, 6.07) is 12.5. The lowest BCUT2D eigenvalue weighted by molar-refractivity contribution is -0.115. The zero-order valence-corrected chi connectivity index (χ0v) is 13.5. The predicted octanol–water partition coefficient (Wildman–Crippen LogP) is 4.44. The van der Waals surface area contributed by atoms with E-state index in [1.54, 1.807) is 25.3 Å². The number of carbonyl (C=O) groups is 1. The lowest BCUT2D eigenvalue weighted by Gasteiger charge is -2.11. The van der Waals surface area contributed by atoms with Gasteiger partial charge in [-0.05, 0) is 30.3 Å². The number of anilines is 2. The molecular formula is C16H16Cl2N2O2. The van der Waals surface area contributed by atoms with E-state index in [0.717, 1.165) is 11.4 Å². The molecule has 116 valence electrons. The van der Waals surface area contributed by atoms with E-state index in [0.29, 0.717) is 28.7 Å². The molecule has 0 aliphatic rings. The Kier molecular flexibility index (Phi) is 5.92. The Morgan fingerprint density at radius 2 is 1.82 bits per heavy atom. The maximum Gasteiger partial charge on any atom is 0.226 e. The van der Waals surface area contributed by atoms with Gasteiger partial charge in [-0.15, -0.1) is 0 Å². The molecule has 0 saturated carbocycles. The van der Waals surface area contributed by atoms with Crippen molar-refractivity contribution in [3.63, 3.8) is 0 Å². The smallest absolute Gasteiger partial charge is 0.226 e. The normalized spacial score (nSPS) is 10.1. The van der Waals surface area contributed by atoms with Crippen LogP contribution in [0.1, 0.15) is 6.42 Å². The van der Waals surface area contributed by atoms with Crippen molar-refractivity contribution in [1.82, 2.24) is 0 Å². The molecule has 4 nitrogen and oxygen atoms in total. The van der Waals surface area contributed by atoms with E-state index >= 15 is 0 Å². The molecule has 2 aromatic carbocycles. The number of halogens is 2. The Hall–Kier alpha value is -1.91. The molecule has 0 spiro atoms. The first kappa shape index (κ1) is 16.5. The van der Waals surface area contributed by atoms with Gasteiger partial charge in [-0.1, -0.05) is 35.3 Å². The molecule has 0 aromatic heterocycles. The fraction of sp³-hybridized carbons (Fsp3) is 0.188. The van der Waals surface area contributed by atoms with Crippen molar-refractivity contribution in [2.45, 2.75) is 6.42 Å². The summed E-state index contributed by atoms with van der Waals surface area (Å²) in [7, 11) is 1.61. The van der Waals surface area contributed by atoms with Crippen molar-refractivity contribution in [3.8, 4) is 5.75 Å². The minimum Gasteiger partial charge on any atom is -0.495 e. The first-order valence-corrected chi connectivity index (χ1v) is 7.47. The second-order valence-electron chi connectivity index (χ2n) is 4.58. The van der Waals surface area contributed by atoms with Gasteiger partial charge >= 0.3 is 0 Å². The number of methoxy groups -OCH3 is 1. The molecule has 0 bridgehead atoms. The molecule has 22 heavy (non-hydrogen) atoms. The molecule has 0 heterocycles. The van der Waals surface area contributed by atoms with Crippen LogP contribution < -0.4 is 15.4 Å². The zero-order valence-electron chi connectivity index (χ0n) is 12.0. The number of ether oxygens (including phenoxy) is 1. The number of benzene rings is 2. The third-order valence-electron chi connectivity index (χ3n) is 2.92. The quantitative estimate of drug-likeness (QED) is 0.818. The van der Waals surface area contributed by atoms with Crippen LogP contribution in [0.15, 0.2) is 42.5 Å². The highest BCUT2D eigenvalue weighted by atomic mass is 35.5. The Bertz CT molecular complexity index is 642. The van der Waals surface area contributed by atoms with Gasteiger partial charge in [0, 0.05) is 28.7 Å². The molecule has 2 aromatic rings. The molecule has 2 rings (SSSR count). The third-order valence-corrected chi connectivity index (χ3v) is 3.36. The van der Waals surface area contributed by atoms with Gasteiger partial charge in [0.1, 0.15) is 5.75 Å². The van der Waals surface area contributed by atoms with E-state index in [9.17, 15) is 4.79 Å². The Morgan fingerprint density at radius 3 is 2.50 bits per heavy atom. The van der Waals surface area contributed by atoms with Crippen molar-refractivity contribution in [2.24, 2.45) is 0 Å². The summed E-state index contributed by atoms with van der Waals surface area (Å²) in [6.07, 6.45) is 0.308. The van der Waals surface area contributed by atoms with Crippen LogP contribution in [0.25, 0.3) is 0 Å². The van der Waals surface area contributed by atoms with Gasteiger partial charge < -0.3 is 15.4 Å². The number of carbonyl (C=O) groups excluding carboxylic acids is 1. The average Bonchev–Trinajstić information content (AvgIpc) is 2.46. The van der Waals surface area contributed by atoms with Crippen LogP contribution in [-0.4, -0.2) is 19.6 Å². The molecule has 0 radical (unpaired) electrons. The highest BCUT2D eigenvalue weighted by Crippen LogP contribution is 2.24. The first-order chi connectivity index (χ1) is 10.6. The van der Waals surface area contributed by atoms with Gasteiger partial charge in [0.05, 0.1) is 12.8 Å². The lowest BCUT2D eigenvalue weighted by Crippen LogP contribution is -2.16. The van der Waals surface area contributed by atoms with Gasteiger partial charge in [-0.2, -0.15) is 0 Å². The standard InChI is InChI=1S/C16H16Cl2N2O2/c1-22-15-5-3-2-4-14(15)19-7-6-16(21)20-13-9-11(17)8-12(18)10-13/h2-5,8-10,19H,6-7H2,1H3,(H,20,21). The lowest BCUT2D eigenvalue weighted by atomic mass is 10.2. The number of rotatable bonds is 6. The Labute approximate surface area is 139 Å². The van der Waals surface area contributed by atoms with Crippen molar-refractivity contribution in [3.05, 3.63) is 52.5 Å². The summed E-state index contributed by atoms with van der Waals surface area (Å²) in [4.78, 5) is 11.9. The number of hydrogen-bond donors (Lipinski definition) is 2. The van der Waals surface area contributed by atoms with Crippen molar-refractivity contribution >= 4 is 40.5 Å². The van der Waals surface area contributed by atoms with E-state index in [1.165, 1.54) is 0 Å². The maximum absolute atomic E-state index is 11.9. The molecule has 6 heteroatoms. The Balaban J connectivity index is 1.85. The van der Waals surface area contributed by atoms with Crippen molar-refractivity contribution in [2.75, 3.05) is 24.3 Å². The number of nitrogens with one attached hydrogen (secondary N) is 2. The monoisotopic (exact) mass is 338 g/mol. The van der Waals surface area contributed by atoms with Crippen LogP contribution in [0, 0.1) is 0 Å². The van der Waals surface area contributed by atoms with Gasteiger partial charge in [-0.25, -0.2) is 0 Å². The van der Waals surface area contributed by atoms with Crippen LogP contribution in [-0.2, 0) is 4.79 Å². The third kappa shape index (κ3) is 4.83. The van der Waals surface area contributed by atoms with Gasteiger partial charge in [-0.3, -0.25) is 4.79 Å². The van der Waals surface area contributed by atoms with Crippen molar-refractivity contribution in [1.29, 1.82) is 0 Å². The minimum absolute atomic E-state index is 0.124. The molecule has 0 fully saturated rings. The molecule has 0 aliphatic carbocycles. The SMILES string of the molecule is COc1ccccc1NCCC(=O)Nc1cc(Cl)cc(Cl)c1. The molecule has 0 atom stereocenters.